The highest BCUT2D eigenvalue weighted by Gasteiger charge is 2.23. The number of nitrogens with zero attached hydrogens (tertiary/aromatic N) is 6. The van der Waals surface area contributed by atoms with Gasteiger partial charge in [-0.1, -0.05) is 12.1 Å². The van der Waals surface area contributed by atoms with Gasteiger partial charge in [0.25, 0.3) is 0 Å². The molecule has 3 heterocycles. The molecule has 0 atom stereocenters. The third-order valence-corrected chi connectivity index (χ3v) is 6.38. The van der Waals surface area contributed by atoms with Gasteiger partial charge in [0.15, 0.2) is 0 Å². The Morgan fingerprint density at radius 3 is 2.44 bits per heavy atom. The van der Waals surface area contributed by atoms with Crippen LogP contribution in [0.5, 0.6) is 0 Å². The molecule has 1 saturated heterocycles. The lowest BCUT2D eigenvalue weighted by molar-refractivity contribution is 0.498. The van der Waals surface area contributed by atoms with Crippen molar-refractivity contribution >= 4 is 16.7 Å². The lowest BCUT2D eigenvalue weighted by atomic mass is 9.95. The van der Waals surface area contributed by atoms with Crippen LogP contribution in [0.2, 0.25) is 0 Å². The Balaban J connectivity index is 1.72. The van der Waals surface area contributed by atoms with Gasteiger partial charge in [0.1, 0.15) is 23.8 Å². The number of anilines is 1. The highest BCUT2D eigenvalue weighted by Crippen LogP contribution is 2.37. The first-order chi connectivity index (χ1) is 16.5. The molecule has 4 aromatic rings. The first kappa shape index (κ1) is 21.6. The van der Waals surface area contributed by atoms with Gasteiger partial charge in [0.2, 0.25) is 0 Å². The first-order valence-electron chi connectivity index (χ1n) is 11.1. The molecule has 0 bridgehead atoms. The normalized spacial score (nSPS) is 14.2. The summed E-state index contributed by atoms with van der Waals surface area (Å²) in [4.78, 5) is 6.98. The third kappa shape index (κ3) is 3.75. The maximum Gasteiger partial charge on any atom is 0.147 e. The molecule has 34 heavy (non-hydrogen) atoms. The number of nitriles is 2. The van der Waals surface area contributed by atoms with Gasteiger partial charge in [-0.3, -0.25) is 4.68 Å². The smallest absolute Gasteiger partial charge is 0.147 e. The summed E-state index contributed by atoms with van der Waals surface area (Å²) in [5, 5.41) is 24.4. The van der Waals surface area contributed by atoms with Gasteiger partial charge in [0.05, 0.1) is 28.5 Å². The molecule has 0 radical (unpaired) electrons. The van der Waals surface area contributed by atoms with Crippen LogP contribution in [0.15, 0.2) is 48.7 Å². The zero-order chi connectivity index (χ0) is 23.8. The molecule has 7 nitrogen and oxygen atoms in total. The Morgan fingerprint density at radius 1 is 1.00 bits per heavy atom. The molecule has 5 rings (SSSR count). The molecule has 2 aromatic carbocycles. The van der Waals surface area contributed by atoms with Crippen LogP contribution in [0.4, 0.5) is 10.2 Å². The van der Waals surface area contributed by atoms with Crippen molar-refractivity contribution in [1.82, 2.24) is 14.8 Å². The summed E-state index contributed by atoms with van der Waals surface area (Å²) < 4.78 is 16.4. The van der Waals surface area contributed by atoms with Crippen LogP contribution in [0, 0.1) is 28.5 Å². The number of pyridine rings is 1. The minimum absolute atomic E-state index is 0.0269. The van der Waals surface area contributed by atoms with Gasteiger partial charge in [-0.05, 0) is 48.7 Å². The summed E-state index contributed by atoms with van der Waals surface area (Å²) in [6.45, 7) is 1.40. The number of aryl methyl sites for hydroxylation is 1. The van der Waals surface area contributed by atoms with Crippen molar-refractivity contribution in [3.8, 4) is 34.5 Å². The maximum atomic E-state index is 14.6. The van der Waals surface area contributed by atoms with E-state index >= 15 is 0 Å². The van der Waals surface area contributed by atoms with Gasteiger partial charge in [-0.25, -0.2) is 9.37 Å². The van der Waals surface area contributed by atoms with Gasteiger partial charge >= 0.3 is 0 Å². The topological polar surface area (TPSA) is 108 Å². The molecule has 8 heteroatoms. The second kappa shape index (κ2) is 8.58. The van der Waals surface area contributed by atoms with Crippen LogP contribution in [0.3, 0.4) is 0 Å². The lowest BCUT2D eigenvalue weighted by Crippen LogP contribution is -2.40. The van der Waals surface area contributed by atoms with Crippen molar-refractivity contribution in [2.24, 2.45) is 12.8 Å². The summed E-state index contributed by atoms with van der Waals surface area (Å²) in [5.74, 6) is -0.0364. The molecule has 0 amide bonds. The lowest BCUT2D eigenvalue weighted by Gasteiger charge is -2.32. The first-order valence-corrected chi connectivity index (χ1v) is 11.1. The van der Waals surface area contributed by atoms with E-state index in [2.05, 4.69) is 16.1 Å². The zero-order valence-corrected chi connectivity index (χ0v) is 18.7. The quantitative estimate of drug-likeness (QED) is 0.502. The summed E-state index contributed by atoms with van der Waals surface area (Å²) in [6, 6.07) is 16.5. The molecule has 1 aliphatic heterocycles. The molecular weight excluding hydrogens is 429 g/mol. The van der Waals surface area contributed by atoms with Crippen LogP contribution in [-0.4, -0.2) is 33.9 Å². The summed E-state index contributed by atoms with van der Waals surface area (Å²) >= 11 is 0. The number of aromatic nitrogens is 3. The number of fused-ring (bicyclic) bond motifs is 1. The van der Waals surface area contributed by atoms with E-state index in [4.69, 9.17) is 16.0 Å². The second-order valence-electron chi connectivity index (χ2n) is 8.54. The Hall–Kier alpha value is -4.27. The summed E-state index contributed by atoms with van der Waals surface area (Å²) in [5.41, 5.74) is 10.1. The van der Waals surface area contributed by atoms with E-state index in [1.54, 1.807) is 16.9 Å². The number of benzene rings is 2. The number of nitrogens with two attached hydrogens (primary N) is 1. The van der Waals surface area contributed by atoms with Crippen LogP contribution in [0.1, 0.15) is 24.0 Å². The maximum absolute atomic E-state index is 14.6. The van der Waals surface area contributed by atoms with E-state index < -0.39 is 5.82 Å². The number of rotatable bonds is 3. The molecule has 1 fully saturated rings. The average molecular weight is 452 g/mol. The minimum Gasteiger partial charge on any atom is -0.355 e. The van der Waals surface area contributed by atoms with Crippen molar-refractivity contribution in [2.75, 3.05) is 18.0 Å². The fraction of sp³-hybridized carbons (Fsp3) is 0.231. The Morgan fingerprint density at radius 2 is 1.74 bits per heavy atom. The van der Waals surface area contributed by atoms with Crippen LogP contribution in [-0.2, 0) is 7.05 Å². The minimum atomic E-state index is -0.606. The highest BCUT2D eigenvalue weighted by molar-refractivity contribution is 5.90. The van der Waals surface area contributed by atoms with Crippen LogP contribution < -0.4 is 10.6 Å². The van der Waals surface area contributed by atoms with E-state index in [1.165, 1.54) is 12.1 Å². The summed E-state index contributed by atoms with van der Waals surface area (Å²) in [6.07, 6.45) is 3.41. The monoisotopic (exact) mass is 451 g/mol. The van der Waals surface area contributed by atoms with Crippen molar-refractivity contribution in [3.63, 3.8) is 0 Å². The Labute approximate surface area is 196 Å². The third-order valence-electron chi connectivity index (χ3n) is 6.38. The van der Waals surface area contributed by atoms with E-state index in [0.29, 0.717) is 41.3 Å². The zero-order valence-electron chi connectivity index (χ0n) is 18.7. The SMILES string of the molecule is Cn1ncc2cc(-c3cc(C#N)c(N4CCC(N)CC4)nc3-c3ccc(C#N)c(F)c3)ccc21. The number of piperidine rings is 1. The Bertz CT molecular complexity index is 1480. The van der Waals surface area contributed by atoms with E-state index in [0.717, 1.165) is 29.3 Å². The van der Waals surface area contributed by atoms with Gasteiger partial charge in [-0.15, -0.1) is 0 Å². The predicted octanol–water partition coefficient (Wildman–Crippen LogP) is 4.11. The second-order valence-corrected chi connectivity index (χ2v) is 8.54. The molecule has 168 valence electrons. The van der Waals surface area contributed by atoms with Crippen molar-refractivity contribution < 1.29 is 4.39 Å². The van der Waals surface area contributed by atoms with Gasteiger partial charge < -0.3 is 10.6 Å². The standard InChI is InChI=1S/C26H22FN7/c1-33-24-5-4-16(10-20(24)15-31-33)22-11-19(14-29)26(34-8-6-21(30)7-9-34)32-25(22)17-2-3-18(13-28)23(27)12-17/h2-5,10-12,15,21H,6-9,30H2,1H3. The molecule has 1 aliphatic rings. The fourth-order valence-electron chi connectivity index (χ4n) is 4.46. The van der Waals surface area contributed by atoms with E-state index in [-0.39, 0.29) is 11.6 Å². The number of hydrogen-bond donors (Lipinski definition) is 1. The molecule has 0 aliphatic carbocycles. The Kier molecular flexibility index (Phi) is 5.45. The largest absolute Gasteiger partial charge is 0.355 e. The van der Waals surface area contributed by atoms with E-state index in [9.17, 15) is 9.65 Å². The molecule has 0 spiro atoms. The predicted molar refractivity (Wildman–Crippen MR) is 128 cm³/mol. The highest BCUT2D eigenvalue weighted by atomic mass is 19.1. The van der Waals surface area contributed by atoms with Crippen molar-refractivity contribution in [1.29, 1.82) is 10.5 Å². The van der Waals surface area contributed by atoms with Crippen LogP contribution in [0.25, 0.3) is 33.3 Å². The molecular formula is C26H22FN7. The average Bonchev–Trinajstić information content (AvgIpc) is 3.23. The van der Waals surface area contributed by atoms with E-state index in [1.807, 2.05) is 37.4 Å². The molecule has 0 unspecified atom stereocenters. The molecule has 0 saturated carbocycles. The molecule has 2 N–H and O–H groups in total. The number of halogens is 1. The molecule has 2 aromatic heterocycles. The summed E-state index contributed by atoms with van der Waals surface area (Å²) in [7, 11) is 1.88. The van der Waals surface area contributed by atoms with Gasteiger partial charge in [0, 0.05) is 42.7 Å². The van der Waals surface area contributed by atoms with Crippen molar-refractivity contribution in [2.45, 2.75) is 18.9 Å². The number of hydrogen-bond acceptors (Lipinski definition) is 6. The van der Waals surface area contributed by atoms with Gasteiger partial charge in [-0.2, -0.15) is 15.6 Å². The van der Waals surface area contributed by atoms with Crippen molar-refractivity contribution in [3.05, 3.63) is 65.6 Å². The fourth-order valence-corrected chi connectivity index (χ4v) is 4.46. The van der Waals surface area contributed by atoms with Crippen LogP contribution >= 0.6 is 0 Å².